The smallest absolute Gasteiger partial charge is 0.180 e. The molecule has 39 heavy (non-hydrogen) atoms. The van der Waals surface area contributed by atoms with E-state index < -0.39 is 53.1 Å². The second-order valence-electron chi connectivity index (χ2n) is 8.49. The molecular formula is C24H19Cl3F2N4O5S. The van der Waals surface area contributed by atoms with Crippen LogP contribution >= 0.6 is 46.6 Å². The fourth-order valence-electron chi connectivity index (χ4n) is 4.07. The van der Waals surface area contributed by atoms with Crippen LogP contribution < -0.4 is 0 Å². The summed E-state index contributed by atoms with van der Waals surface area (Å²) in [5, 5.41) is 29.4. The molecule has 1 aliphatic heterocycles. The van der Waals surface area contributed by atoms with Gasteiger partial charge in [-0.3, -0.25) is 0 Å². The first-order valence-electron chi connectivity index (χ1n) is 11.4. The van der Waals surface area contributed by atoms with Crippen LogP contribution in [0.3, 0.4) is 0 Å². The average molecular weight is 620 g/mol. The fourth-order valence-corrected chi connectivity index (χ4v) is 5.71. The van der Waals surface area contributed by atoms with Gasteiger partial charge in [-0.25, -0.2) is 18.4 Å². The van der Waals surface area contributed by atoms with E-state index in [1.54, 1.807) is 18.2 Å². The Labute approximate surface area is 239 Å². The number of aliphatic hydroxyl groups excluding tert-OH is 2. The van der Waals surface area contributed by atoms with E-state index in [9.17, 15) is 19.0 Å². The summed E-state index contributed by atoms with van der Waals surface area (Å²) in [5.41, 5.74) is -0.106. The third kappa shape index (κ3) is 6.08. The average Bonchev–Trinajstić information content (AvgIpc) is 3.61. The van der Waals surface area contributed by atoms with Crippen molar-refractivity contribution in [3.63, 3.8) is 0 Å². The van der Waals surface area contributed by atoms with Gasteiger partial charge in [-0.15, -0.1) is 5.10 Å². The first kappa shape index (κ1) is 28.2. The monoisotopic (exact) mass is 618 g/mol. The molecule has 1 saturated heterocycles. The van der Waals surface area contributed by atoms with Crippen LogP contribution in [0.5, 0.6) is 0 Å². The molecule has 2 N–H and O–H groups in total. The van der Waals surface area contributed by atoms with Crippen molar-refractivity contribution in [1.82, 2.24) is 20.0 Å². The number of aromatic nitrogens is 4. The maximum absolute atomic E-state index is 14.1. The molecule has 9 nitrogen and oxygen atoms in total. The van der Waals surface area contributed by atoms with Crippen LogP contribution in [0.4, 0.5) is 8.78 Å². The van der Waals surface area contributed by atoms with Gasteiger partial charge in [0.1, 0.15) is 64.1 Å². The van der Waals surface area contributed by atoms with Crippen molar-refractivity contribution < 1.29 is 32.9 Å². The van der Waals surface area contributed by atoms with E-state index in [2.05, 4.69) is 15.3 Å². The Morgan fingerprint density at radius 1 is 1.10 bits per heavy atom. The maximum Gasteiger partial charge on any atom is 0.180 e. The summed E-state index contributed by atoms with van der Waals surface area (Å²) in [4.78, 5) is 4.74. The second-order valence-corrected chi connectivity index (χ2v) is 10.9. The molecule has 3 heterocycles. The molecule has 5 rings (SSSR count). The molecule has 0 saturated carbocycles. The minimum absolute atomic E-state index is 0.00880. The van der Waals surface area contributed by atoms with Gasteiger partial charge in [0.2, 0.25) is 0 Å². The molecule has 0 spiro atoms. The summed E-state index contributed by atoms with van der Waals surface area (Å²) < 4.78 is 46.7. The topological polar surface area (TPSA) is 116 Å². The number of ether oxygens (including phenoxy) is 2. The van der Waals surface area contributed by atoms with Crippen LogP contribution in [0, 0.1) is 11.6 Å². The van der Waals surface area contributed by atoms with Gasteiger partial charge in [-0.1, -0.05) is 51.8 Å². The molecule has 0 bridgehead atoms. The van der Waals surface area contributed by atoms with E-state index in [0.717, 1.165) is 12.1 Å². The normalized spacial score (nSPS) is 23.3. The van der Waals surface area contributed by atoms with Gasteiger partial charge in [-0.05, 0) is 30.3 Å². The van der Waals surface area contributed by atoms with Crippen molar-refractivity contribution in [2.24, 2.45) is 0 Å². The largest absolute Gasteiger partial charge is 0.451 e. The summed E-state index contributed by atoms with van der Waals surface area (Å²) >= 11 is 19.1. The highest BCUT2D eigenvalue weighted by Crippen LogP contribution is 2.41. The number of nitrogens with zero attached hydrogens (tertiary/aromatic N) is 4. The Morgan fingerprint density at radius 2 is 1.87 bits per heavy atom. The highest BCUT2D eigenvalue weighted by Gasteiger charge is 2.48. The molecule has 15 heteroatoms. The van der Waals surface area contributed by atoms with Gasteiger partial charge in [0.15, 0.2) is 6.39 Å². The Morgan fingerprint density at radius 3 is 2.54 bits per heavy atom. The number of hydrogen-bond donors (Lipinski definition) is 2. The lowest BCUT2D eigenvalue weighted by Crippen LogP contribution is -2.55. The lowest BCUT2D eigenvalue weighted by atomic mass is 9.97. The molecule has 5 atom stereocenters. The summed E-state index contributed by atoms with van der Waals surface area (Å²) in [6.07, 6.45) is 0.830. The second kappa shape index (κ2) is 12.1. The van der Waals surface area contributed by atoms with Crippen molar-refractivity contribution in [3.8, 4) is 11.3 Å². The van der Waals surface area contributed by atoms with Crippen molar-refractivity contribution in [1.29, 1.82) is 0 Å². The molecule has 0 amide bonds. The molecule has 2 aromatic carbocycles. The zero-order valence-corrected chi connectivity index (χ0v) is 22.7. The molecular weight excluding hydrogens is 601 g/mol. The molecule has 0 aliphatic carbocycles. The van der Waals surface area contributed by atoms with Gasteiger partial charge >= 0.3 is 0 Å². The molecule has 1 fully saturated rings. The predicted molar refractivity (Wildman–Crippen MR) is 139 cm³/mol. The number of oxazole rings is 1. The number of halogens is 5. The Hall–Kier alpha value is -2.29. The van der Waals surface area contributed by atoms with Crippen molar-refractivity contribution in [2.75, 3.05) is 6.61 Å². The Kier molecular flexibility index (Phi) is 8.74. The van der Waals surface area contributed by atoms with Gasteiger partial charge in [0.25, 0.3) is 0 Å². The third-order valence-corrected chi connectivity index (χ3v) is 8.21. The number of rotatable bonds is 8. The molecule has 1 aliphatic rings. The molecule has 4 aromatic rings. The van der Waals surface area contributed by atoms with Crippen LogP contribution in [0.1, 0.15) is 11.7 Å². The van der Waals surface area contributed by atoms with Crippen molar-refractivity contribution in [3.05, 3.63) is 81.6 Å². The third-order valence-electron chi connectivity index (χ3n) is 5.97. The summed E-state index contributed by atoms with van der Waals surface area (Å²) in [5.74, 6) is -1.92. The van der Waals surface area contributed by atoms with E-state index in [1.807, 2.05) is 0 Å². The number of aliphatic hydroxyl groups is 2. The number of thioether (sulfide) groups is 1. The fraction of sp³-hybridized carbons (Fsp3) is 0.292. The summed E-state index contributed by atoms with van der Waals surface area (Å²) in [6, 6.07) is 6.12. The highest BCUT2D eigenvalue weighted by atomic mass is 35.5. The van der Waals surface area contributed by atoms with E-state index >= 15 is 0 Å². The standard InChI is InChI=1S/C24H19Cl3F2N4O5S/c25-14-2-1-13(5-15(14)26)39-24-23(37-9-12-8-36-10-30-12)21(22(35)19(7-34)38-24)33-6-18(31-32-33)11-3-16(28)20(27)17(29)4-11/h1-6,8,10,19,21-24,34-35H,7,9H2/t19-,21+,22+,23-,24-/m1/s1. The summed E-state index contributed by atoms with van der Waals surface area (Å²) in [6.45, 7) is -0.521. The van der Waals surface area contributed by atoms with Crippen LogP contribution in [-0.2, 0) is 16.1 Å². The first-order valence-corrected chi connectivity index (χ1v) is 13.4. The molecule has 206 valence electrons. The zero-order chi connectivity index (χ0) is 27.7. The number of hydrogen-bond acceptors (Lipinski definition) is 9. The van der Waals surface area contributed by atoms with Gasteiger partial charge < -0.3 is 24.1 Å². The zero-order valence-electron chi connectivity index (χ0n) is 19.6. The first-order chi connectivity index (χ1) is 18.7. The Bertz CT molecular complexity index is 1420. The lowest BCUT2D eigenvalue weighted by Gasteiger charge is -2.43. The van der Waals surface area contributed by atoms with Crippen LogP contribution in [0.2, 0.25) is 15.1 Å². The molecule has 0 radical (unpaired) electrons. The SMILES string of the molecule is OC[C@H]1O[C@H](Sc2ccc(Cl)c(Cl)c2)[C@H](OCc2cocn2)[C@@H](n2cc(-c3cc(F)c(Cl)c(F)c3)nn2)[C@H]1O. The van der Waals surface area contributed by atoms with Gasteiger partial charge in [-0.2, -0.15) is 0 Å². The molecule has 0 unspecified atom stereocenters. The minimum atomic E-state index is -1.31. The lowest BCUT2D eigenvalue weighted by molar-refractivity contribution is -0.196. The minimum Gasteiger partial charge on any atom is -0.451 e. The highest BCUT2D eigenvalue weighted by molar-refractivity contribution is 7.99. The van der Waals surface area contributed by atoms with Gasteiger partial charge in [0.05, 0.1) is 29.5 Å². The molecule has 2 aromatic heterocycles. The van der Waals surface area contributed by atoms with Gasteiger partial charge in [0, 0.05) is 10.5 Å². The van der Waals surface area contributed by atoms with Crippen molar-refractivity contribution >= 4 is 46.6 Å². The predicted octanol–water partition coefficient (Wildman–Crippen LogP) is 5.17. The van der Waals surface area contributed by atoms with E-state index in [-0.39, 0.29) is 17.9 Å². The Balaban J connectivity index is 1.51. The van der Waals surface area contributed by atoms with Crippen LogP contribution in [-0.4, -0.2) is 60.5 Å². The number of benzene rings is 2. The van der Waals surface area contributed by atoms with Crippen LogP contribution in [0.15, 0.2) is 58.5 Å². The maximum atomic E-state index is 14.1. The van der Waals surface area contributed by atoms with E-state index in [1.165, 1.54) is 35.3 Å². The quantitative estimate of drug-likeness (QED) is 0.258. The van der Waals surface area contributed by atoms with Crippen LogP contribution in [0.25, 0.3) is 11.3 Å². The van der Waals surface area contributed by atoms with E-state index in [0.29, 0.717) is 20.6 Å². The summed E-state index contributed by atoms with van der Waals surface area (Å²) in [7, 11) is 0. The van der Waals surface area contributed by atoms with Crippen molar-refractivity contribution in [2.45, 2.75) is 41.3 Å². The van der Waals surface area contributed by atoms with E-state index in [4.69, 9.17) is 48.7 Å².